The van der Waals surface area contributed by atoms with E-state index in [-0.39, 0.29) is 30.6 Å². The van der Waals surface area contributed by atoms with E-state index in [1.54, 1.807) is 0 Å². The molecular weight excluding hydrogens is 543 g/mol. The lowest BCUT2D eigenvalue weighted by molar-refractivity contribution is -0.140. The third-order valence-corrected chi connectivity index (χ3v) is 8.69. The van der Waals surface area contributed by atoms with Gasteiger partial charge in [-0.05, 0) is 43.5 Å². The molecule has 220 valence electrons. The van der Waals surface area contributed by atoms with Crippen LogP contribution < -0.4 is 9.62 Å². The first-order valence-corrected chi connectivity index (χ1v) is 15.0. The molecule has 8 nitrogen and oxygen atoms in total. The molecule has 3 rings (SSSR count). The monoisotopic (exact) mass is 582 g/mol. The average Bonchev–Trinajstić information content (AvgIpc) is 2.95. The van der Waals surface area contributed by atoms with Gasteiger partial charge >= 0.3 is 10.2 Å². The van der Waals surface area contributed by atoms with E-state index in [2.05, 4.69) is 5.32 Å². The predicted molar refractivity (Wildman–Crippen MR) is 160 cm³/mol. The number of halogens is 1. The van der Waals surface area contributed by atoms with Crippen LogP contribution in [0, 0.1) is 12.7 Å². The number of hydrogen-bond donors (Lipinski definition) is 1. The predicted octanol–water partition coefficient (Wildman–Crippen LogP) is 4.30. The van der Waals surface area contributed by atoms with Gasteiger partial charge in [-0.15, -0.1) is 0 Å². The van der Waals surface area contributed by atoms with E-state index in [0.717, 1.165) is 31.4 Å². The van der Waals surface area contributed by atoms with Crippen LogP contribution in [0.5, 0.6) is 0 Å². The van der Waals surface area contributed by atoms with Crippen molar-refractivity contribution in [1.29, 1.82) is 0 Å². The van der Waals surface area contributed by atoms with Crippen molar-refractivity contribution in [2.75, 3.05) is 24.9 Å². The number of rotatable bonds is 13. The highest BCUT2D eigenvalue weighted by atomic mass is 32.2. The van der Waals surface area contributed by atoms with E-state index in [9.17, 15) is 22.4 Å². The minimum Gasteiger partial charge on any atom is -0.352 e. The third-order valence-electron chi connectivity index (χ3n) is 6.89. The van der Waals surface area contributed by atoms with Crippen molar-refractivity contribution in [3.05, 3.63) is 101 Å². The molecule has 3 aromatic carbocycles. The maximum atomic E-state index is 14.9. The zero-order valence-corrected chi connectivity index (χ0v) is 25.1. The first-order chi connectivity index (χ1) is 19.4. The Morgan fingerprint density at radius 2 is 1.51 bits per heavy atom. The summed E-state index contributed by atoms with van der Waals surface area (Å²) in [4.78, 5) is 29.3. The number of carbonyl (C=O) groups excluding carboxylic acids is 2. The van der Waals surface area contributed by atoms with E-state index in [1.165, 1.54) is 37.2 Å². The second-order valence-corrected chi connectivity index (χ2v) is 12.3. The van der Waals surface area contributed by atoms with Crippen LogP contribution in [0.4, 0.5) is 10.1 Å². The molecule has 3 aromatic rings. The summed E-state index contributed by atoms with van der Waals surface area (Å²) < 4.78 is 43.3. The average molecular weight is 583 g/mol. The molecule has 0 saturated carbocycles. The minimum absolute atomic E-state index is 0.0532. The molecule has 2 atom stereocenters. The van der Waals surface area contributed by atoms with Gasteiger partial charge in [-0.25, -0.2) is 8.70 Å². The van der Waals surface area contributed by atoms with Gasteiger partial charge in [-0.2, -0.15) is 12.7 Å². The molecule has 0 heterocycles. The molecule has 0 radical (unpaired) electrons. The zero-order valence-electron chi connectivity index (χ0n) is 24.2. The summed E-state index contributed by atoms with van der Waals surface area (Å²) in [5.74, 6) is -1.78. The lowest BCUT2D eigenvalue weighted by atomic mass is 10.0. The number of anilines is 1. The number of aryl methyl sites for hydroxylation is 1. The molecule has 1 N–H and O–H groups in total. The maximum Gasteiger partial charge on any atom is 0.304 e. The molecule has 0 spiro atoms. The van der Waals surface area contributed by atoms with Crippen LogP contribution >= 0.6 is 0 Å². The normalized spacial score (nSPS) is 13.0. The second-order valence-electron chi connectivity index (χ2n) is 10.3. The van der Waals surface area contributed by atoms with E-state index in [4.69, 9.17) is 0 Å². The lowest BCUT2D eigenvalue weighted by Crippen LogP contribution is -2.55. The summed E-state index contributed by atoms with van der Waals surface area (Å²) >= 11 is 0. The third kappa shape index (κ3) is 8.37. The SMILES string of the molecule is CC[C@@H](C)NC(=O)[C@@H](Cc1ccccc1)N(Cc1ccc(C)cc1)C(=O)CN(c1ccccc1F)S(=O)(=O)N(C)C. The summed E-state index contributed by atoms with van der Waals surface area (Å²) in [6.45, 7) is 5.13. The molecule has 0 saturated heterocycles. The molecular formula is C31H39FN4O4S. The van der Waals surface area contributed by atoms with Gasteiger partial charge in [0.05, 0.1) is 5.69 Å². The minimum atomic E-state index is -4.27. The Morgan fingerprint density at radius 1 is 0.902 bits per heavy atom. The quantitative estimate of drug-likeness (QED) is 0.326. The number of hydrogen-bond acceptors (Lipinski definition) is 4. The van der Waals surface area contributed by atoms with Gasteiger partial charge in [0.1, 0.15) is 18.4 Å². The fourth-order valence-electron chi connectivity index (χ4n) is 4.24. The van der Waals surface area contributed by atoms with Gasteiger partial charge in [-0.3, -0.25) is 9.59 Å². The van der Waals surface area contributed by atoms with Crippen LogP contribution in [0.25, 0.3) is 0 Å². The van der Waals surface area contributed by atoms with E-state index in [1.807, 2.05) is 75.4 Å². The van der Waals surface area contributed by atoms with Gasteiger partial charge in [0.2, 0.25) is 11.8 Å². The Labute approximate surface area is 243 Å². The first-order valence-electron chi connectivity index (χ1n) is 13.6. The fraction of sp³-hybridized carbons (Fsp3) is 0.355. The van der Waals surface area contributed by atoms with Crippen molar-refractivity contribution in [3.63, 3.8) is 0 Å². The second kappa shape index (κ2) is 14.2. The van der Waals surface area contributed by atoms with Crippen LogP contribution in [-0.4, -0.2) is 62.2 Å². The Kier molecular flexibility index (Phi) is 11.0. The largest absolute Gasteiger partial charge is 0.352 e. The van der Waals surface area contributed by atoms with Crippen molar-refractivity contribution in [3.8, 4) is 0 Å². The molecule has 0 aromatic heterocycles. The van der Waals surface area contributed by atoms with Crippen LogP contribution in [0.1, 0.15) is 37.0 Å². The van der Waals surface area contributed by atoms with Crippen molar-refractivity contribution >= 4 is 27.7 Å². The molecule has 2 amide bonds. The molecule has 0 aliphatic rings. The number of nitrogens with zero attached hydrogens (tertiary/aromatic N) is 3. The Bertz CT molecular complexity index is 1420. The Morgan fingerprint density at radius 3 is 2.10 bits per heavy atom. The molecule has 0 unspecified atom stereocenters. The number of nitrogens with one attached hydrogen (secondary N) is 1. The summed E-state index contributed by atoms with van der Waals surface area (Å²) in [5, 5.41) is 2.99. The highest BCUT2D eigenvalue weighted by molar-refractivity contribution is 7.90. The first kappa shape index (κ1) is 31.8. The summed E-state index contributed by atoms with van der Waals surface area (Å²) in [6.07, 6.45) is 0.901. The van der Waals surface area contributed by atoms with E-state index in [0.29, 0.717) is 6.42 Å². The molecule has 0 bridgehead atoms. The standard InChI is InChI=1S/C31H39FN4O4S/c1-6-24(3)33-31(38)29(20-25-12-8-7-9-13-25)35(21-26-18-16-23(2)17-19-26)30(37)22-36(41(39,40)34(4)5)28-15-11-10-14-27(28)32/h7-19,24,29H,6,20-22H2,1-5H3,(H,33,38)/t24-,29-/m1/s1. The zero-order chi connectivity index (χ0) is 30.2. The van der Waals surface area contributed by atoms with Crippen LogP contribution in [-0.2, 0) is 32.8 Å². The van der Waals surface area contributed by atoms with Crippen molar-refractivity contribution < 1.29 is 22.4 Å². The number of para-hydroxylation sites is 1. The summed E-state index contributed by atoms with van der Waals surface area (Å²) in [5.41, 5.74) is 2.38. The number of amides is 2. The number of carbonyl (C=O) groups is 2. The van der Waals surface area contributed by atoms with Crippen LogP contribution in [0.3, 0.4) is 0 Å². The molecule has 0 aliphatic carbocycles. The smallest absolute Gasteiger partial charge is 0.304 e. The molecule has 10 heteroatoms. The maximum absolute atomic E-state index is 14.9. The molecule has 0 fully saturated rings. The highest BCUT2D eigenvalue weighted by Crippen LogP contribution is 2.24. The van der Waals surface area contributed by atoms with Gasteiger partial charge in [0.15, 0.2) is 0 Å². The molecule has 0 aliphatic heterocycles. The van der Waals surface area contributed by atoms with Crippen LogP contribution in [0.2, 0.25) is 0 Å². The van der Waals surface area contributed by atoms with Crippen molar-refractivity contribution in [1.82, 2.24) is 14.5 Å². The van der Waals surface area contributed by atoms with Gasteiger partial charge in [0, 0.05) is 33.1 Å². The lowest BCUT2D eigenvalue weighted by Gasteiger charge is -2.35. The summed E-state index contributed by atoms with van der Waals surface area (Å²) in [7, 11) is -1.64. The topological polar surface area (TPSA) is 90.0 Å². The van der Waals surface area contributed by atoms with Gasteiger partial charge in [0.25, 0.3) is 0 Å². The van der Waals surface area contributed by atoms with Crippen molar-refractivity contribution in [2.45, 2.75) is 52.2 Å². The summed E-state index contributed by atoms with van der Waals surface area (Å²) in [6, 6.07) is 21.2. The van der Waals surface area contributed by atoms with Gasteiger partial charge < -0.3 is 10.2 Å². The van der Waals surface area contributed by atoms with Crippen LogP contribution in [0.15, 0.2) is 78.9 Å². The fourth-order valence-corrected chi connectivity index (χ4v) is 5.31. The van der Waals surface area contributed by atoms with Gasteiger partial charge in [-0.1, -0.05) is 79.2 Å². The molecule has 41 heavy (non-hydrogen) atoms. The Hall–Kier alpha value is -3.76. The van der Waals surface area contributed by atoms with E-state index >= 15 is 0 Å². The number of benzene rings is 3. The van der Waals surface area contributed by atoms with Crippen molar-refractivity contribution in [2.24, 2.45) is 0 Å². The Balaban J connectivity index is 2.10. The highest BCUT2D eigenvalue weighted by Gasteiger charge is 2.35. The van der Waals surface area contributed by atoms with E-state index < -0.39 is 34.5 Å².